The Balaban J connectivity index is 1.31. The Morgan fingerprint density at radius 2 is 1.44 bits per heavy atom. The summed E-state index contributed by atoms with van der Waals surface area (Å²) in [5.41, 5.74) is 1.03. The molecule has 2 aromatic rings. The van der Waals surface area contributed by atoms with Crippen LogP contribution in [0.25, 0.3) is 0 Å². The summed E-state index contributed by atoms with van der Waals surface area (Å²) < 4.78 is 0. The summed E-state index contributed by atoms with van der Waals surface area (Å²) in [4.78, 5) is 15.6. The van der Waals surface area contributed by atoms with Gasteiger partial charge in [-0.05, 0) is 31.4 Å². The van der Waals surface area contributed by atoms with Crippen molar-refractivity contribution in [3.8, 4) is 0 Å². The summed E-state index contributed by atoms with van der Waals surface area (Å²) in [6.07, 6.45) is 9.17. The van der Waals surface area contributed by atoms with Crippen molar-refractivity contribution in [3.05, 3.63) is 36.4 Å². The normalized spacial score (nSPS) is 19.2. The molecule has 0 bridgehead atoms. The molecule has 2 aliphatic rings. The summed E-state index contributed by atoms with van der Waals surface area (Å²) in [6.45, 7) is 7.03. The first-order valence-corrected chi connectivity index (χ1v) is 9.19. The molecule has 0 aromatic carbocycles. The first kappa shape index (κ1) is 16.2. The minimum atomic E-state index is 0.862. The van der Waals surface area contributed by atoms with Gasteiger partial charge < -0.3 is 9.80 Å². The molecule has 0 spiro atoms. The quantitative estimate of drug-likeness (QED) is 0.838. The van der Waals surface area contributed by atoms with Crippen molar-refractivity contribution in [1.82, 2.24) is 25.1 Å². The molecule has 7 heteroatoms. The average molecular weight is 339 g/mol. The van der Waals surface area contributed by atoms with E-state index in [-0.39, 0.29) is 0 Å². The van der Waals surface area contributed by atoms with Crippen LogP contribution in [0.15, 0.2) is 30.7 Å². The van der Waals surface area contributed by atoms with E-state index >= 15 is 0 Å². The zero-order valence-corrected chi connectivity index (χ0v) is 14.6. The van der Waals surface area contributed by atoms with E-state index in [1.165, 1.54) is 19.3 Å². The van der Waals surface area contributed by atoms with Gasteiger partial charge in [-0.25, -0.2) is 0 Å². The summed E-state index contributed by atoms with van der Waals surface area (Å²) in [5.74, 6) is 2.00. The van der Waals surface area contributed by atoms with Gasteiger partial charge in [0.1, 0.15) is 0 Å². The molecule has 132 valence electrons. The number of piperidine rings is 1. The number of hydrogen-bond acceptors (Lipinski definition) is 7. The molecule has 25 heavy (non-hydrogen) atoms. The fourth-order valence-electron chi connectivity index (χ4n) is 3.55. The van der Waals surface area contributed by atoms with Crippen LogP contribution in [-0.2, 0) is 6.54 Å². The SMILES string of the molecule is c1cnc(CN2CCN(c3ccc(N4CCCCC4)nn3)CC2)cn1. The van der Waals surface area contributed by atoms with Gasteiger partial charge in [0.05, 0.1) is 5.69 Å². The van der Waals surface area contributed by atoms with Gasteiger partial charge in [0.2, 0.25) is 0 Å². The van der Waals surface area contributed by atoms with E-state index < -0.39 is 0 Å². The molecule has 0 N–H and O–H groups in total. The highest BCUT2D eigenvalue weighted by atomic mass is 15.3. The number of rotatable bonds is 4. The van der Waals surface area contributed by atoms with Crippen LogP contribution in [0.4, 0.5) is 11.6 Å². The van der Waals surface area contributed by atoms with Gasteiger partial charge in [-0.3, -0.25) is 14.9 Å². The van der Waals surface area contributed by atoms with E-state index in [4.69, 9.17) is 0 Å². The molecule has 7 nitrogen and oxygen atoms in total. The maximum atomic E-state index is 4.48. The van der Waals surface area contributed by atoms with Gasteiger partial charge in [-0.2, -0.15) is 0 Å². The first-order chi connectivity index (χ1) is 12.4. The van der Waals surface area contributed by atoms with Crippen LogP contribution >= 0.6 is 0 Å². The molecular formula is C18H25N7. The van der Waals surface area contributed by atoms with Gasteiger partial charge >= 0.3 is 0 Å². The maximum absolute atomic E-state index is 4.48. The Hall–Kier alpha value is -2.28. The average Bonchev–Trinajstić information content (AvgIpc) is 2.70. The summed E-state index contributed by atoms with van der Waals surface area (Å²) in [7, 11) is 0. The predicted molar refractivity (Wildman–Crippen MR) is 97.6 cm³/mol. The lowest BCUT2D eigenvalue weighted by atomic mass is 10.1. The zero-order chi connectivity index (χ0) is 16.9. The monoisotopic (exact) mass is 339 g/mol. The lowest BCUT2D eigenvalue weighted by Crippen LogP contribution is -2.46. The number of piperazine rings is 1. The van der Waals surface area contributed by atoms with Crippen LogP contribution < -0.4 is 9.80 Å². The highest BCUT2D eigenvalue weighted by molar-refractivity contribution is 5.45. The number of aromatic nitrogens is 4. The fourth-order valence-corrected chi connectivity index (χ4v) is 3.55. The molecule has 4 heterocycles. The molecule has 2 fully saturated rings. The van der Waals surface area contributed by atoms with E-state index in [0.29, 0.717) is 0 Å². The lowest BCUT2D eigenvalue weighted by Gasteiger charge is -2.35. The van der Waals surface area contributed by atoms with Crippen molar-refractivity contribution < 1.29 is 0 Å². The maximum Gasteiger partial charge on any atom is 0.151 e. The standard InChI is InChI=1S/C18H25N7/c1-2-8-24(9-3-1)17-4-5-18(22-21-17)25-12-10-23(11-13-25)15-16-14-19-6-7-20-16/h4-7,14H,1-3,8-13,15H2. The lowest BCUT2D eigenvalue weighted by molar-refractivity contribution is 0.246. The van der Waals surface area contributed by atoms with Gasteiger partial charge in [0.15, 0.2) is 11.6 Å². The van der Waals surface area contributed by atoms with Crippen molar-refractivity contribution in [1.29, 1.82) is 0 Å². The summed E-state index contributed by atoms with van der Waals surface area (Å²) in [6, 6.07) is 4.24. The van der Waals surface area contributed by atoms with Crippen LogP contribution in [0, 0.1) is 0 Å². The molecule has 2 aromatic heterocycles. The van der Waals surface area contributed by atoms with Crippen molar-refractivity contribution in [2.45, 2.75) is 25.8 Å². The number of hydrogen-bond donors (Lipinski definition) is 0. The Kier molecular flexibility index (Phi) is 5.01. The minimum absolute atomic E-state index is 0.862. The molecule has 4 rings (SSSR count). The molecule has 2 aliphatic heterocycles. The highest BCUT2D eigenvalue weighted by Gasteiger charge is 2.19. The van der Waals surface area contributed by atoms with E-state index in [1.807, 2.05) is 6.20 Å². The molecule has 0 amide bonds. The first-order valence-electron chi connectivity index (χ1n) is 9.19. The van der Waals surface area contributed by atoms with E-state index in [0.717, 1.165) is 63.1 Å². The van der Waals surface area contributed by atoms with Crippen LogP contribution in [-0.4, -0.2) is 64.3 Å². The zero-order valence-electron chi connectivity index (χ0n) is 14.6. The third-order valence-electron chi connectivity index (χ3n) is 5.01. The summed E-state index contributed by atoms with van der Waals surface area (Å²) in [5, 5.41) is 8.95. The van der Waals surface area contributed by atoms with Crippen LogP contribution in [0.5, 0.6) is 0 Å². The molecule has 0 aliphatic carbocycles. The van der Waals surface area contributed by atoms with Crippen molar-refractivity contribution in [2.24, 2.45) is 0 Å². The Morgan fingerprint density at radius 1 is 0.760 bits per heavy atom. The topological polar surface area (TPSA) is 61.3 Å². The summed E-state index contributed by atoms with van der Waals surface area (Å²) >= 11 is 0. The van der Waals surface area contributed by atoms with E-state index in [2.05, 4.69) is 47.0 Å². The molecule has 0 saturated carbocycles. The van der Waals surface area contributed by atoms with E-state index in [1.54, 1.807) is 12.4 Å². The van der Waals surface area contributed by atoms with Crippen molar-refractivity contribution in [3.63, 3.8) is 0 Å². The smallest absolute Gasteiger partial charge is 0.151 e. The third-order valence-corrected chi connectivity index (χ3v) is 5.01. The number of nitrogens with zero attached hydrogens (tertiary/aromatic N) is 7. The van der Waals surface area contributed by atoms with Gasteiger partial charge in [0, 0.05) is 64.4 Å². The van der Waals surface area contributed by atoms with Crippen LogP contribution in [0.3, 0.4) is 0 Å². The van der Waals surface area contributed by atoms with E-state index in [9.17, 15) is 0 Å². The largest absolute Gasteiger partial charge is 0.355 e. The van der Waals surface area contributed by atoms with Crippen LogP contribution in [0.1, 0.15) is 25.0 Å². The van der Waals surface area contributed by atoms with Crippen molar-refractivity contribution >= 4 is 11.6 Å². The highest BCUT2D eigenvalue weighted by Crippen LogP contribution is 2.20. The molecule has 0 unspecified atom stereocenters. The second-order valence-corrected chi connectivity index (χ2v) is 6.76. The molecule has 2 saturated heterocycles. The van der Waals surface area contributed by atoms with Gasteiger partial charge in [-0.15, -0.1) is 10.2 Å². The second kappa shape index (κ2) is 7.74. The van der Waals surface area contributed by atoms with Crippen molar-refractivity contribution in [2.75, 3.05) is 49.1 Å². The molecule has 0 atom stereocenters. The third kappa shape index (κ3) is 4.04. The minimum Gasteiger partial charge on any atom is -0.355 e. The van der Waals surface area contributed by atoms with Crippen LogP contribution in [0.2, 0.25) is 0 Å². The molecular weight excluding hydrogens is 314 g/mol. The number of anilines is 2. The predicted octanol–water partition coefficient (Wildman–Crippen LogP) is 1.58. The Morgan fingerprint density at radius 3 is 2.04 bits per heavy atom. The Labute approximate surface area is 148 Å². The fraction of sp³-hybridized carbons (Fsp3) is 0.556. The Bertz CT molecular complexity index is 647. The van der Waals surface area contributed by atoms with Gasteiger partial charge in [-0.1, -0.05) is 0 Å². The molecule has 0 radical (unpaired) electrons. The second-order valence-electron chi connectivity index (χ2n) is 6.76. The van der Waals surface area contributed by atoms with Gasteiger partial charge in [0.25, 0.3) is 0 Å².